The third-order valence-corrected chi connectivity index (χ3v) is 4.50. The summed E-state index contributed by atoms with van der Waals surface area (Å²) >= 11 is 7.55. The number of halogens is 1. The second-order valence-corrected chi connectivity index (χ2v) is 6.66. The molecule has 0 atom stereocenters. The van der Waals surface area contributed by atoms with Crippen LogP contribution in [0, 0.1) is 0 Å². The van der Waals surface area contributed by atoms with Gasteiger partial charge in [0.15, 0.2) is 11.5 Å². The molecular weight excluding hydrogens is 376 g/mol. The van der Waals surface area contributed by atoms with Crippen molar-refractivity contribution in [3.8, 4) is 11.5 Å². The molecule has 1 aromatic carbocycles. The molecular formula is C18H21ClN2O4S. The molecule has 0 aliphatic rings. The van der Waals surface area contributed by atoms with Crippen LogP contribution >= 0.6 is 22.9 Å². The van der Waals surface area contributed by atoms with Gasteiger partial charge in [-0.15, -0.1) is 11.3 Å². The second kappa shape index (κ2) is 10.0. The molecule has 0 bridgehead atoms. The first-order valence-corrected chi connectivity index (χ1v) is 9.55. The van der Waals surface area contributed by atoms with Crippen molar-refractivity contribution >= 4 is 34.8 Å². The van der Waals surface area contributed by atoms with Crippen LogP contribution in [0.3, 0.4) is 0 Å². The molecule has 1 heterocycles. The fourth-order valence-corrected chi connectivity index (χ4v) is 2.96. The van der Waals surface area contributed by atoms with E-state index in [4.69, 9.17) is 21.1 Å². The molecule has 0 saturated heterocycles. The van der Waals surface area contributed by atoms with Gasteiger partial charge in [-0.3, -0.25) is 20.4 Å². The van der Waals surface area contributed by atoms with Crippen molar-refractivity contribution in [2.75, 3.05) is 13.2 Å². The maximum Gasteiger partial charge on any atom is 0.279 e. The minimum atomic E-state index is -0.502. The van der Waals surface area contributed by atoms with Crippen molar-refractivity contribution in [3.63, 3.8) is 0 Å². The van der Waals surface area contributed by atoms with Gasteiger partial charge in [0, 0.05) is 5.56 Å². The highest BCUT2D eigenvalue weighted by Crippen LogP contribution is 2.36. The lowest BCUT2D eigenvalue weighted by Crippen LogP contribution is -2.41. The fraction of sp³-hybridized carbons (Fsp3) is 0.333. The summed E-state index contributed by atoms with van der Waals surface area (Å²) in [5.41, 5.74) is 4.99. The first kappa shape index (κ1) is 20.1. The lowest BCUT2D eigenvalue weighted by Gasteiger charge is -2.15. The molecule has 26 heavy (non-hydrogen) atoms. The Balaban J connectivity index is 2.09. The first-order valence-electron chi connectivity index (χ1n) is 8.30. The van der Waals surface area contributed by atoms with Gasteiger partial charge in [0.05, 0.1) is 23.1 Å². The quantitative estimate of drug-likeness (QED) is 0.521. The lowest BCUT2D eigenvalue weighted by molar-refractivity contribution is 0.0848. The van der Waals surface area contributed by atoms with Gasteiger partial charge in [-0.05, 0) is 36.9 Å². The zero-order chi connectivity index (χ0) is 18.9. The van der Waals surface area contributed by atoms with Crippen LogP contribution in [0.1, 0.15) is 46.7 Å². The zero-order valence-electron chi connectivity index (χ0n) is 14.6. The van der Waals surface area contributed by atoms with E-state index in [-0.39, 0.29) is 16.5 Å². The summed E-state index contributed by atoms with van der Waals surface area (Å²) in [4.78, 5) is 24.7. The third-order valence-electron chi connectivity index (χ3n) is 3.35. The summed E-state index contributed by atoms with van der Waals surface area (Å²) < 4.78 is 11.2. The van der Waals surface area contributed by atoms with Gasteiger partial charge in [-0.1, -0.05) is 31.0 Å². The summed E-state index contributed by atoms with van der Waals surface area (Å²) in [5, 5.41) is 2.06. The molecule has 6 nitrogen and oxygen atoms in total. The average molecular weight is 397 g/mol. The highest BCUT2D eigenvalue weighted by atomic mass is 35.5. The summed E-state index contributed by atoms with van der Waals surface area (Å²) in [7, 11) is 0. The van der Waals surface area contributed by atoms with Crippen LogP contribution in [-0.4, -0.2) is 25.0 Å². The molecule has 0 aliphatic heterocycles. The van der Waals surface area contributed by atoms with Crippen molar-refractivity contribution in [2.45, 2.75) is 26.7 Å². The number of amides is 2. The summed E-state index contributed by atoms with van der Waals surface area (Å²) in [6.45, 7) is 4.81. The lowest BCUT2D eigenvalue weighted by atomic mass is 10.2. The van der Waals surface area contributed by atoms with E-state index >= 15 is 0 Å². The van der Waals surface area contributed by atoms with Gasteiger partial charge >= 0.3 is 0 Å². The van der Waals surface area contributed by atoms with Crippen LogP contribution in [0.4, 0.5) is 0 Å². The topological polar surface area (TPSA) is 76.7 Å². The second-order valence-electron chi connectivity index (χ2n) is 5.31. The van der Waals surface area contributed by atoms with E-state index in [1.165, 1.54) is 17.4 Å². The number of hydrogen-bond donors (Lipinski definition) is 2. The maximum absolute atomic E-state index is 12.3. The Labute approximate surface area is 161 Å². The van der Waals surface area contributed by atoms with Gasteiger partial charge in [0.2, 0.25) is 0 Å². The molecule has 2 amide bonds. The molecule has 2 aromatic rings. The highest BCUT2D eigenvalue weighted by molar-refractivity contribution is 7.12. The van der Waals surface area contributed by atoms with Crippen LogP contribution in [-0.2, 0) is 0 Å². The molecule has 140 valence electrons. The van der Waals surface area contributed by atoms with E-state index in [1.54, 1.807) is 23.6 Å². The number of nitrogens with one attached hydrogen (secondary N) is 2. The molecule has 0 aliphatic carbocycles. The molecule has 2 rings (SSSR count). The van der Waals surface area contributed by atoms with Gasteiger partial charge < -0.3 is 9.47 Å². The number of ether oxygens (including phenoxy) is 2. The maximum atomic E-state index is 12.3. The third kappa shape index (κ3) is 5.37. The van der Waals surface area contributed by atoms with E-state index in [0.717, 1.165) is 12.8 Å². The molecule has 2 N–H and O–H groups in total. The Morgan fingerprint density at radius 3 is 2.58 bits per heavy atom. The Morgan fingerprint density at radius 1 is 1.15 bits per heavy atom. The molecule has 0 radical (unpaired) electrons. The Kier molecular flexibility index (Phi) is 7.74. The van der Waals surface area contributed by atoms with Crippen LogP contribution in [0.15, 0.2) is 29.6 Å². The number of unbranched alkanes of at least 4 members (excludes halogenated alkanes) is 1. The number of benzene rings is 1. The van der Waals surface area contributed by atoms with Crippen molar-refractivity contribution in [2.24, 2.45) is 0 Å². The SMILES string of the molecule is CCCCOc1c(Cl)cc(C(=O)NNC(=O)c2cccs2)cc1OCC. The largest absolute Gasteiger partial charge is 0.490 e. The molecule has 8 heteroatoms. The van der Waals surface area contributed by atoms with Crippen molar-refractivity contribution < 1.29 is 19.1 Å². The predicted octanol–water partition coefficient (Wildman–Crippen LogP) is 4.05. The van der Waals surface area contributed by atoms with E-state index in [1.807, 2.05) is 6.92 Å². The molecule has 0 spiro atoms. The van der Waals surface area contributed by atoms with Gasteiger partial charge in [0.1, 0.15) is 0 Å². The Bertz CT molecular complexity index is 750. The minimum absolute atomic E-state index is 0.257. The van der Waals surface area contributed by atoms with Crippen LogP contribution < -0.4 is 20.3 Å². The average Bonchev–Trinajstić information content (AvgIpc) is 3.16. The fourth-order valence-electron chi connectivity index (χ4n) is 2.08. The van der Waals surface area contributed by atoms with Gasteiger partial charge in [-0.25, -0.2) is 0 Å². The number of hydrazine groups is 1. The zero-order valence-corrected chi connectivity index (χ0v) is 16.2. The van der Waals surface area contributed by atoms with Gasteiger partial charge in [0.25, 0.3) is 11.8 Å². The molecule has 0 unspecified atom stereocenters. The Morgan fingerprint density at radius 2 is 1.92 bits per heavy atom. The monoisotopic (exact) mass is 396 g/mol. The van der Waals surface area contributed by atoms with E-state index in [0.29, 0.717) is 29.6 Å². The summed E-state index contributed by atoms with van der Waals surface area (Å²) in [6, 6.07) is 6.45. The van der Waals surface area contributed by atoms with Crippen LogP contribution in [0.5, 0.6) is 11.5 Å². The number of carbonyl (C=O) groups excluding carboxylic acids is 2. The number of carbonyl (C=O) groups is 2. The number of rotatable bonds is 8. The highest BCUT2D eigenvalue weighted by Gasteiger charge is 2.17. The standard InChI is InChI=1S/C18H21ClN2O4S/c1-3-5-8-25-16-13(19)10-12(11-14(16)24-4-2)17(22)20-21-18(23)15-7-6-9-26-15/h6-7,9-11H,3-5,8H2,1-2H3,(H,20,22)(H,21,23). The van der Waals surface area contributed by atoms with Crippen LogP contribution in [0.25, 0.3) is 0 Å². The van der Waals surface area contributed by atoms with E-state index in [2.05, 4.69) is 17.8 Å². The molecule has 0 saturated carbocycles. The predicted molar refractivity (Wildman–Crippen MR) is 102 cm³/mol. The van der Waals surface area contributed by atoms with E-state index < -0.39 is 5.91 Å². The number of thiophene rings is 1. The van der Waals surface area contributed by atoms with Crippen molar-refractivity contribution in [3.05, 3.63) is 45.1 Å². The normalized spacial score (nSPS) is 10.3. The van der Waals surface area contributed by atoms with Crippen molar-refractivity contribution in [1.29, 1.82) is 0 Å². The van der Waals surface area contributed by atoms with Crippen LogP contribution in [0.2, 0.25) is 5.02 Å². The van der Waals surface area contributed by atoms with E-state index in [9.17, 15) is 9.59 Å². The Hall–Kier alpha value is -2.25. The summed E-state index contributed by atoms with van der Waals surface area (Å²) in [5.74, 6) is -0.0751. The smallest absolute Gasteiger partial charge is 0.279 e. The number of hydrogen-bond acceptors (Lipinski definition) is 5. The molecule has 1 aromatic heterocycles. The summed E-state index contributed by atoms with van der Waals surface area (Å²) in [6.07, 6.45) is 1.88. The molecule has 0 fully saturated rings. The van der Waals surface area contributed by atoms with Crippen molar-refractivity contribution in [1.82, 2.24) is 10.9 Å². The first-order chi connectivity index (χ1) is 12.6. The van der Waals surface area contributed by atoms with Gasteiger partial charge in [-0.2, -0.15) is 0 Å². The minimum Gasteiger partial charge on any atom is -0.490 e.